The van der Waals surface area contributed by atoms with Crippen LogP contribution in [0.5, 0.6) is 5.75 Å². The lowest BCUT2D eigenvalue weighted by molar-refractivity contribution is 0.0649. The van der Waals surface area contributed by atoms with Crippen molar-refractivity contribution in [2.45, 2.75) is 45.1 Å². The second kappa shape index (κ2) is 6.98. The van der Waals surface area contributed by atoms with Crippen LogP contribution in [0.15, 0.2) is 18.2 Å². The number of alkyl halides is 1. The molecule has 1 aliphatic carbocycles. The summed E-state index contributed by atoms with van der Waals surface area (Å²) < 4.78 is 0. The predicted octanol–water partition coefficient (Wildman–Crippen LogP) is 3.71. The summed E-state index contributed by atoms with van der Waals surface area (Å²) in [5.41, 5.74) is 1.33. The average Bonchev–Trinajstić information content (AvgIpc) is 2.48. The minimum absolute atomic E-state index is 0.0205. The molecule has 0 saturated heterocycles. The molecule has 3 nitrogen and oxygen atoms in total. The number of benzene rings is 1. The molecular formula is C16H22ClNO2. The highest BCUT2D eigenvalue weighted by Crippen LogP contribution is 2.25. The summed E-state index contributed by atoms with van der Waals surface area (Å²) in [7, 11) is 0. The van der Waals surface area contributed by atoms with Gasteiger partial charge in [-0.1, -0.05) is 25.3 Å². The van der Waals surface area contributed by atoms with Gasteiger partial charge in [0.05, 0.1) is 0 Å². The molecule has 110 valence electrons. The highest BCUT2D eigenvalue weighted by molar-refractivity contribution is 6.18. The molecule has 0 heterocycles. The summed E-state index contributed by atoms with van der Waals surface area (Å²) in [5, 5.41) is 9.77. The van der Waals surface area contributed by atoms with Crippen LogP contribution in [0.4, 0.5) is 0 Å². The molecule has 2 rings (SSSR count). The fourth-order valence-corrected chi connectivity index (χ4v) is 3.02. The maximum atomic E-state index is 12.7. The van der Waals surface area contributed by atoms with Gasteiger partial charge in [-0.15, -0.1) is 11.6 Å². The molecule has 20 heavy (non-hydrogen) atoms. The molecule has 0 radical (unpaired) electrons. The van der Waals surface area contributed by atoms with Crippen molar-refractivity contribution in [2.75, 3.05) is 12.4 Å². The van der Waals surface area contributed by atoms with Crippen molar-refractivity contribution < 1.29 is 9.90 Å². The largest absolute Gasteiger partial charge is 0.508 e. The van der Waals surface area contributed by atoms with Crippen LogP contribution in [-0.4, -0.2) is 34.4 Å². The van der Waals surface area contributed by atoms with Gasteiger partial charge < -0.3 is 10.0 Å². The minimum atomic E-state index is -0.0205. The van der Waals surface area contributed by atoms with Crippen LogP contribution in [0, 0.1) is 6.92 Å². The Morgan fingerprint density at radius 3 is 2.65 bits per heavy atom. The van der Waals surface area contributed by atoms with E-state index >= 15 is 0 Å². The Balaban J connectivity index is 2.18. The molecule has 0 bridgehead atoms. The van der Waals surface area contributed by atoms with Crippen LogP contribution in [0.3, 0.4) is 0 Å². The van der Waals surface area contributed by atoms with Gasteiger partial charge in [-0.3, -0.25) is 4.79 Å². The lowest BCUT2D eigenvalue weighted by atomic mass is 9.93. The Labute approximate surface area is 125 Å². The number of aryl methyl sites for hydroxylation is 1. The van der Waals surface area contributed by atoms with E-state index in [0.717, 1.165) is 18.4 Å². The van der Waals surface area contributed by atoms with E-state index in [0.29, 0.717) is 24.0 Å². The number of hydrogen-bond donors (Lipinski definition) is 1. The second-order valence-electron chi connectivity index (χ2n) is 5.48. The molecular weight excluding hydrogens is 274 g/mol. The molecule has 1 aromatic rings. The Morgan fingerprint density at radius 1 is 1.35 bits per heavy atom. The van der Waals surface area contributed by atoms with Crippen LogP contribution in [0.25, 0.3) is 0 Å². The summed E-state index contributed by atoms with van der Waals surface area (Å²) in [6.45, 7) is 2.39. The minimum Gasteiger partial charge on any atom is -0.508 e. The zero-order valence-corrected chi connectivity index (χ0v) is 12.7. The van der Waals surface area contributed by atoms with E-state index in [9.17, 15) is 9.90 Å². The summed E-state index contributed by atoms with van der Waals surface area (Å²) in [4.78, 5) is 14.5. The first kappa shape index (κ1) is 15.2. The van der Waals surface area contributed by atoms with E-state index in [1.54, 1.807) is 18.2 Å². The third-order valence-corrected chi connectivity index (χ3v) is 4.23. The lowest BCUT2D eigenvalue weighted by Crippen LogP contribution is -2.42. The first-order valence-electron chi connectivity index (χ1n) is 7.30. The number of hydrogen-bond acceptors (Lipinski definition) is 2. The summed E-state index contributed by atoms with van der Waals surface area (Å²) >= 11 is 5.86. The number of aromatic hydroxyl groups is 1. The monoisotopic (exact) mass is 295 g/mol. The zero-order valence-electron chi connectivity index (χ0n) is 11.9. The molecule has 0 unspecified atom stereocenters. The second-order valence-corrected chi connectivity index (χ2v) is 5.86. The van der Waals surface area contributed by atoms with Gasteiger partial charge in [0.15, 0.2) is 0 Å². The molecule has 0 aliphatic heterocycles. The van der Waals surface area contributed by atoms with Gasteiger partial charge in [0, 0.05) is 24.0 Å². The first-order valence-corrected chi connectivity index (χ1v) is 7.83. The summed E-state index contributed by atoms with van der Waals surface area (Å²) in [5.74, 6) is 0.596. The number of phenols is 1. The highest BCUT2D eigenvalue weighted by Gasteiger charge is 2.26. The average molecular weight is 296 g/mol. The van der Waals surface area contributed by atoms with Gasteiger partial charge in [0.25, 0.3) is 5.91 Å². The molecule has 0 atom stereocenters. The van der Waals surface area contributed by atoms with Crippen molar-refractivity contribution in [3.05, 3.63) is 29.3 Å². The third-order valence-electron chi connectivity index (χ3n) is 4.06. The van der Waals surface area contributed by atoms with Gasteiger partial charge in [0.2, 0.25) is 0 Å². The Bertz CT molecular complexity index is 470. The molecule has 0 aromatic heterocycles. The Hall–Kier alpha value is -1.22. The van der Waals surface area contributed by atoms with Gasteiger partial charge in [-0.2, -0.15) is 0 Å². The Morgan fingerprint density at radius 2 is 2.05 bits per heavy atom. The van der Waals surface area contributed by atoms with Crippen molar-refractivity contribution in [1.29, 1.82) is 0 Å². The maximum absolute atomic E-state index is 12.7. The van der Waals surface area contributed by atoms with E-state index in [4.69, 9.17) is 11.6 Å². The van der Waals surface area contributed by atoms with Crippen LogP contribution >= 0.6 is 11.6 Å². The van der Waals surface area contributed by atoms with Crippen LogP contribution in [0.1, 0.15) is 48.0 Å². The topological polar surface area (TPSA) is 40.5 Å². The van der Waals surface area contributed by atoms with Crippen molar-refractivity contribution in [3.63, 3.8) is 0 Å². The van der Waals surface area contributed by atoms with Crippen molar-refractivity contribution in [2.24, 2.45) is 0 Å². The standard InChI is InChI=1S/C16H22ClNO2/c1-12-7-8-13(11-15(12)19)16(20)18(10-9-17)14-5-3-2-4-6-14/h7-8,11,14,19H,2-6,9-10H2,1H3. The zero-order chi connectivity index (χ0) is 14.5. The van der Waals surface area contributed by atoms with Gasteiger partial charge >= 0.3 is 0 Å². The van der Waals surface area contributed by atoms with E-state index in [2.05, 4.69) is 0 Å². The highest BCUT2D eigenvalue weighted by atomic mass is 35.5. The van der Waals surface area contributed by atoms with Gasteiger partial charge in [0.1, 0.15) is 5.75 Å². The number of nitrogens with zero attached hydrogens (tertiary/aromatic N) is 1. The Kier molecular flexibility index (Phi) is 5.30. The molecule has 4 heteroatoms. The van der Waals surface area contributed by atoms with Crippen molar-refractivity contribution in [1.82, 2.24) is 4.90 Å². The van der Waals surface area contributed by atoms with Crippen molar-refractivity contribution >= 4 is 17.5 Å². The van der Waals surface area contributed by atoms with Crippen LogP contribution < -0.4 is 0 Å². The number of amides is 1. The number of carbonyl (C=O) groups is 1. The molecule has 1 N–H and O–H groups in total. The van der Waals surface area contributed by atoms with Crippen molar-refractivity contribution in [3.8, 4) is 5.75 Å². The van der Waals surface area contributed by atoms with E-state index in [1.165, 1.54) is 19.3 Å². The predicted molar refractivity (Wildman–Crippen MR) is 81.5 cm³/mol. The summed E-state index contributed by atoms with van der Waals surface area (Å²) in [6.07, 6.45) is 5.72. The normalized spacial score (nSPS) is 16.1. The van der Waals surface area contributed by atoms with Crippen LogP contribution in [0.2, 0.25) is 0 Å². The summed E-state index contributed by atoms with van der Waals surface area (Å²) in [6, 6.07) is 5.41. The molecule has 1 fully saturated rings. The smallest absolute Gasteiger partial charge is 0.254 e. The fourth-order valence-electron chi connectivity index (χ4n) is 2.84. The van der Waals surface area contributed by atoms with Gasteiger partial charge in [-0.05, 0) is 37.5 Å². The fraction of sp³-hybridized carbons (Fsp3) is 0.562. The van der Waals surface area contributed by atoms with Gasteiger partial charge in [-0.25, -0.2) is 0 Å². The third kappa shape index (κ3) is 3.45. The lowest BCUT2D eigenvalue weighted by Gasteiger charge is -2.34. The molecule has 1 saturated carbocycles. The quantitative estimate of drug-likeness (QED) is 0.860. The molecule has 1 aromatic carbocycles. The maximum Gasteiger partial charge on any atom is 0.254 e. The molecule has 1 aliphatic rings. The molecule has 0 spiro atoms. The number of carbonyl (C=O) groups excluding carboxylic acids is 1. The number of rotatable bonds is 4. The van der Waals surface area contributed by atoms with E-state index < -0.39 is 0 Å². The van der Waals surface area contributed by atoms with E-state index in [-0.39, 0.29) is 11.7 Å². The van der Waals surface area contributed by atoms with Crippen LogP contribution in [-0.2, 0) is 0 Å². The number of halogens is 1. The first-order chi connectivity index (χ1) is 9.63. The SMILES string of the molecule is Cc1ccc(C(=O)N(CCCl)C2CCCCC2)cc1O. The number of phenolic OH excluding ortho intramolecular Hbond substituents is 1. The van der Waals surface area contributed by atoms with E-state index in [1.807, 2.05) is 11.8 Å². The molecule has 1 amide bonds.